The minimum Gasteiger partial charge on any atom is -0.326 e. The molecule has 0 spiro atoms. The molecule has 0 saturated heterocycles. The Hall–Kier alpha value is -1.92. The van der Waals surface area contributed by atoms with Gasteiger partial charge >= 0.3 is 12.3 Å². The van der Waals surface area contributed by atoms with E-state index in [1.165, 1.54) is 6.07 Å². The number of nitrogens with one attached hydrogen (secondary N) is 1. The zero-order valence-corrected chi connectivity index (χ0v) is 9.55. The summed E-state index contributed by atoms with van der Waals surface area (Å²) in [5.74, 6) is -6.83. The number of rotatable bonds is 3. The zero-order valence-electron chi connectivity index (χ0n) is 9.55. The molecular formula is C12H9F4NO2. The molecule has 1 amide bonds. The Morgan fingerprint density at radius 3 is 2.58 bits per heavy atom. The molecule has 7 heteroatoms. The Morgan fingerprint density at radius 1 is 1.26 bits per heavy atom. The van der Waals surface area contributed by atoms with Gasteiger partial charge in [-0.1, -0.05) is 0 Å². The Labute approximate surface area is 105 Å². The van der Waals surface area contributed by atoms with Gasteiger partial charge in [0.15, 0.2) is 0 Å². The summed E-state index contributed by atoms with van der Waals surface area (Å²) in [7, 11) is 0. The number of amides is 1. The van der Waals surface area contributed by atoms with Crippen molar-refractivity contribution in [3.63, 3.8) is 0 Å². The van der Waals surface area contributed by atoms with E-state index in [4.69, 9.17) is 0 Å². The molecule has 19 heavy (non-hydrogen) atoms. The van der Waals surface area contributed by atoms with Gasteiger partial charge in [0.05, 0.1) is 0 Å². The summed E-state index contributed by atoms with van der Waals surface area (Å²) in [5.41, 5.74) is 0.406. The monoisotopic (exact) mass is 275 g/mol. The Kier molecular flexibility index (Phi) is 3.30. The van der Waals surface area contributed by atoms with Gasteiger partial charge < -0.3 is 5.32 Å². The number of hydrogen-bond acceptors (Lipinski definition) is 2. The molecule has 0 aliphatic carbocycles. The fraction of sp³-hybridized carbons (Fsp3) is 0.333. The van der Waals surface area contributed by atoms with Crippen LogP contribution in [-0.4, -0.2) is 24.0 Å². The molecular weight excluding hydrogens is 266 g/mol. The second-order valence-corrected chi connectivity index (χ2v) is 4.17. The van der Waals surface area contributed by atoms with Gasteiger partial charge in [0.2, 0.25) is 11.7 Å². The van der Waals surface area contributed by atoms with Crippen molar-refractivity contribution in [3.8, 4) is 0 Å². The van der Waals surface area contributed by atoms with E-state index < -0.39 is 23.7 Å². The average molecular weight is 275 g/mol. The molecule has 1 heterocycles. The van der Waals surface area contributed by atoms with Crippen molar-refractivity contribution in [2.75, 3.05) is 5.32 Å². The van der Waals surface area contributed by atoms with Gasteiger partial charge in [-0.3, -0.25) is 9.59 Å². The lowest BCUT2D eigenvalue weighted by molar-refractivity contribution is -0.116. The summed E-state index contributed by atoms with van der Waals surface area (Å²) >= 11 is 0. The lowest BCUT2D eigenvalue weighted by Gasteiger charge is -2.19. The molecule has 2 rings (SSSR count). The molecule has 0 fully saturated rings. The zero-order chi connectivity index (χ0) is 14.2. The fourth-order valence-electron chi connectivity index (χ4n) is 1.82. The highest BCUT2D eigenvalue weighted by Gasteiger charge is 2.49. The quantitative estimate of drug-likeness (QED) is 0.681. The van der Waals surface area contributed by atoms with E-state index in [2.05, 4.69) is 5.32 Å². The number of halogens is 4. The molecule has 0 radical (unpaired) electrons. The minimum absolute atomic E-state index is 0.163. The highest BCUT2D eigenvalue weighted by atomic mass is 19.3. The van der Waals surface area contributed by atoms with Crippen molar-refractivity contribution in [3.05, 3.63) is 29.3 Å². The van der Waals surface area contributed by atoms with E-state index in [9.17, 15) is 27.2 Å². The topological polar surface area (TPSA) is 46.2 Å². The van der Waals surface area contributed by atoms with Crippen LogP contribution in [0.25, 0.3) is 0 Å². The number of Topliss-reactive ketones (excluding diaryl/α,β-unsaturated/α-hetero) is 1. The van der Waals surface area contributed by atoms with Crippen molar-refractivity contribution >= 4 is 17.4 Å². The third-order valence-corrected chi connectivity index (χ3v) is 2.84. The molecule has 3 nitrogen and oxygen atoms in total. The van der Waals surface area contributed by atoms with Crippen LogP contribution in [-0.2, 0) is 11.2 Å². The molecule has 1 aliphatic heterocycles. The number of carbonyl (C=O) groups excluding carboxylic acids is 2. The summed E-state index contributed by atoms with van der Waals surface area (Å²) in [6.45, 7) is 0. The summed E-state index contributed by atoms with van der Waals surface area (Å²) in [5, 5.41) is 2.50. The first kappa shape index (κ1) is 13.5. The number of benzene rings is 1. The number of anilines is 1. The van der Waals surface area contributed by atoms with Gasteiger partial charge in [-0.05, 0) is 30.2 Å². The predicted octanol–water partition coefficient (Wildman–Crippen LogP) is 2.65. The van der Waals surface area contributed by atoms with Crippen LogP contribution in [0.15, 0.2) is 18.2 Å². The Morgan fingerprint density at radius 2 is 1.95 bits per heavy atom. The molecule has 1 aromatic carbocycles. The van der Waals surface area contributed by atoms with Crippen LogP contribution in [0.2, 0.25) is 0 Å². The average Bonchev–Trinajstić information content (AvgIpc) is 2.37. The van der Waals surface area contributed by atoms with Crippen molar-refractivity contribution in [1.29, 1.82) is 0 Å². The maximum atomic E-state index is 13.0. The highest BCUT2D eigenvalue weighted by Crippen LogP contribution is 2.30. The van der Waals surface area contributed by atoms with Gasteiger partial charge in [0.1, 0.15) is 0 Å². The van der Waals surface area contributed by atoms with Crippen LogP contribution in [0, 0.1) is 0 Å². The van der Waals surface area contributed by atoms with Gasteiger partial charge in [0, 0.05) is 17.7 Å². The number of aryl methyl sites for hydroxylation is 1. The molecule has 0 saturated carbocycles. The van der Waals surface area contributed by atoms with E-state index in [0.717, 1.165) is 12.1 Å². The molecule has 1 aliphatic rings. The standard InChI is InChI=1S/C12H9F4NO2/c13-11(14)12(15,16)10(19)7-1-3-8-6(5-7)2-4-9(18)17-8/h1,3,5,11H,2,4H2,(H,17,18). The molecule has 0 atom stereocenters. The van der Waals surface area contributed by atoms with Gasteiger partial charge in [0.25, 0.3) is 0 Å². The lowest BCUT2D eigenvalue weighted by Crippen LogP contribution is -2.36. The van der Waals surface area contributed by atoms with E-state index >= 15 is 0 Å². The third-order valence-electron chi connectivity index (χ3n) is 2.84. The fourth-order valence-corrected chi connectivity index (χ4v) is 1.82. The Bertz CT molecular complexity index is 543. The van der Waals surface area contributed by atoms with E-state index in [1.54, 1.807) is 0 Å². The largest absolute Gasteiger partial charge is 0.368 e. The van der Waals surface area contributed by atoms with Crippen LogP contribution >= 0.6 is 0 Å². The lowest BCUT2D eigenvalue weighted by atomic mass is 9.97. The van der Waals surface area contributed by atoms with Crippen molar-refractivity contribution < 1.29 is 27.2 Å². The van der Waals surface area contributed by atoms with Gasteiger partial charge in [-0.2, -0.15) is 8.78 Å². The van der Waals surface area contributed by atoms with E-state index in [1.807, 2.05) is 0 Å². The summed E-state index contributed by atoms with van der Waals surface area (Å²) in [6, 6.07) is 3.39. The maximum absolute atomic E-state index is 13.0. The molecule has 0 aromatic heterocycles. The normalized spacial score (nSPS) is 15.1. The number of hydrogen-bond donors (Lipinski definition) is 1. The van der Waals surface area contributed by atoms with E-state index in [-0.39, 0.29) is 18.7 Å². The molecule has 1 N–H and O–H groups in total. The molecule has 0 unspecified atom stereocenters. The number of carbonyl (C=O) groups is 2. The second-order valence-electron chi connectivity index (χ2n) is 4.17. The summed E-state index contributed by atoms with van der Waals surface area (Å²) in [6.07, 6.45) is -3.60. The number of ketones is 1. The maximum Gasteiger partial charge on any atom is 0.368 e. The van der Waals surface area contributed by atoms with Crippen LogP contribution in [0.4, 0.5) is 23.2 Å². The van der Waals surface area contributed by atoms with Crippen LogP contribution in [0.3, 0.4) is 0 Å². The van der Waals surface area contributed by atoms with Crippen LogP contribution < -0.4 is 5.32 Å². The van der Waals surface area contributed by atoms with Crippen LogP contribution in [0.1, 0.15) is 22.3 Å². The highest BCUT2D eigenvalue weighted by molar-refractivity contribution is 6.03. The summed E-state index contributed by atoms with van der Waals surface area (Å²) < 4.78 is 50.1. The van der Waals surface area contributed by atoms with Gasteiger partial charge in [-0.15, -0.1) is 0 Å². The van der Waals surface area contributed by atoms with Gasteiger partial charge in [-0.25, -0.2) is 8.78 Å². The Balaban J connectivity index is 2.33. The SMILES string of the molecule is O=C1CCc2cc(C(=O)C(F)(F)C(F)F)ccc2N1. The van der Waals surface area contributed by atoms with Crippen molar-refractivity contribution in [1.82, 2.24) is 0 Å². The smallest absolute Gasteiger partial charge is 0.326 e. The second kappa shape index (κ2) is 4.64. The van der Waals surface area contributed by atoms with Crippen LogP contribution in [0.5, 0.6) is 0 Å². The minimum atomic E-state index is -4.70. The molecule has 1 aromatic rings. The first-order valence-corrected chi connectivity index (χ1v) is 5.46. The number of fused-ring (bicyclic) bond motifs is 1. The first-order chi connectivity index (χ1) is 8.82. The predicted molar refractivity (Wildman–Crippen MR) is 58.7 cm³/mol. The first-order valence-electron chi connectivity index (χ1n) is 5.46. The van der Waals surface area contributed by atoms with Crippen molar-refractivity contribution in [2.45, 2.75) is 25.2 Å². The number of alkyl halides is 4. The molecule has 0 bridgehead atoms. The van der Waals surface area contributed by atoms with E-state index in [0.29, 0.717) is 11.3 Å². The summed E-state index contributed by atoms with van der Waals surface area (Å²) in [4.78, 5) is 22.4. The third kappa shape index (κ3) is 2.45. The molecule has 102 valence electrons. The van der Waals surface area contributed by atoms with Crippen molar-refractivity contribution in [2.24, 2.45) is 0 Å².